The van der Waals surface area contributed by atoms with Crippen LogP contribution in [0.15, 0.2) is 35.9 Å². The molecule has 1 aliphatic carbocycles. The molecule has 1 nitrogen and oxygen atoms in total. The number of nitrogens with one attached hydrogen (secondary N) is 1. The Morgan fingerprint density at radius 3 is 2.59 bits per heavy atom. The first-order valence-corrected chi connectivity index (χ1v) is 6.18. The van der Waals surface area contributed by atoms with E-state index in [4.69, 9.17) is 0 Å². The highest BCUT2D eigenvalue weighted by Crippen LogP contribution is 2.36. The molecule has 17 heavy (non-hydrogen) atoms. The maximum absolute atomic E-state index is 3.53. The molecule has 2 atom stereocenters. The number of hydrogen-bond acceptors (Lipinski definition) is 1. The maximum atomic E-state index is 3.53. The van der Waals surface area contributed by atoms with Crippen LogP contribution in [0.1, 0.15) is 25.8 Å². The van der Waals surface area contributed by atoms with Crippen molar-refractivity contribution in [3.8, 4) is 0 Å². The summed E-state index contributed by atoms with van der Waals surface area (Å²) in [5.41, 5.74) is 2.70. The van der Waals surface area contributed by atoms with Gasteiger partial charge in [0.1, 0.15) is 0 Å². The second kappa shape index (κ2) is 6.83. The summed E-state index contributed by atoms with van der Waals surface area (Å²) in [7, 11) is 0. The Balaban J connectivity index is 0.00000144. The summed E-state index contributed by atoms with van der Waals surface area (Å²) in [5, 5.41) is 3.53. The number of benzene rings is 1. The molecule has 0 amide bonds. The third-order valence-electron chi connectivity index (χ3n) is 3.30. The van der Waals surface area contributed by atoms with Gasteiger partial charge in [0.15, 0.2) is 0 Å². The van der Waals surface area contributed by atoms with Gasteiger partial charge in [-0.1, -0.05) is 48.9 Å². The zero-order valence-corrected chi connectivity index (χ0v) is 11.5. The van der Waals surface area contributed by atoms with E-state index in [-0.39, 0.29) is 12.4 Å². The number of halogens is 1. The Morgan fingerprint density at radius 1 is 1.35 bits per heavy atom. The van der Waals surface area contributed by atoms with E-state index in [1.807, 2.05) is 0 Å². The van der Waals surface area contributed by atoms with Gasteiger partial charge in [-0.25, -0.2) is 0 Å². The summed E-state index contributed by atoms with van der Waals surface area (Å²) in [4.78, 5) is 0. The monoisotopic (exact) mass is 251 g/mol. The molecule has 0 radical (unpaired) electrons. The van der Waals surface area contributed by atoms with Crippen LogP contribution >= 0.6 is 12.4 Å². The molecule has 0 spiro atoms. The molecule has 2 rings (SSSR count). The van der Waals surface area contributed by atoms with Crippen LogP contribution in [0.4, 0.5) is 0 Å². The normalized spacial score (nSPS) is 23.1. The molecule has 0 aromatic heterocycles. The quantitative estimate of drug-likeness (QED) is 0.840. The summed E-state index contributed by atoms with van der Waals surface area (Å²) < 4.78 is 0. The van der Waals surface area contributed by atoms with Crippen molar-refractivity contribution >= 4 is 18.5 Å². The van der Waals surface area contributed by atoms with Crippen molar-refractivity contribution < 1.29 is 0 Å². The van der Waals surface area contributed by atoms with Crippen molar-refractivity contribution in [3.63, 3.8) is 0 Å². The van der Waals surface area contributed by atoms with Crippen LogP contribution in [0.5, 0.6) is 0 Å². The summed E-state index contributed by atoms with van der Waals surface area (Å²) >= 11 is 0. The molecule has 2 unspecified atom stereocenters. The van der Waals surface area contributed by atoms with E-state index in [0.29, 0.717) is 0 Å². The highest BCUT2D eigenvalue weighted by Gasteiger charge is 2.31. The summed E-state index contributed by atoms with van der Waals surface area (Å²) in [5.74, 6) is 1.88. The minimum absolute atomic E-state index is 0. The lowest BCUT2D eigenvalue weighted by Gasteiger charge is -2.04. The van der Waals surface area contributed by atoms with E-state index in [0.717, 1.165) is 18.4 Å². The van der Waals surface area contributed by atoms with Crippen LogP contribution in [0.3, 0.4) is 0 Å². The standard InChI is InChI=1S/C15H21N.ClH/c1-12(8-14-6-4-3-5-7-14)10-16-11-15-9-13(15)2;/h3-8,13,15-16H,9-11H2,1-2H3;1H/b12-8+;. The fourth-order valence-electron chi connectivity index (χ4n) is 2.02. The molecule has 0 bridgehead atoms. The van der Waals surface area contributed by atoms with Crippen molar-refractivity contribution in [2.45, 2.75) is 20.3 Å². The topological polar surface area (TPSA) is 12.0 Å². The molecule has 1 fully saturated rings. The average molecular weight is 252 g/mol. The molecule has 0 saturated heterocycles. The molecule has 0 heterocycles. The lowest BCUT2D eigenvalue weighted by molar-refractivity contribution is 0.639. The van der Waals surface area contributed by atoms with Gasteiger partial charge in [-0.3, -0.25) is 0 Å². The maximum Gasteiger partial charge on any atom is 0.0165 e. The molecular weight excluding hydrogens is 230 g/mol. The van der Waals surface area contributed by atoms with Crippen LogP contribution in [-0.2, 0) is 0 Å². The molecule has 1 aromatic carbocycles. The smallest absolute Gasteiger partial charge is 0.0165 e. The third kappa shape index (κ3) is 4.93. The molecule has 1 aromatic rings. The molecular formula is C15H22ClN. The predicted octanol–water partition coefficient (Wildman–Crippen LogP) is 3.76. The van der Waals surface area contributed by atoms with Crippen molar-refractivity contribution in [2.75, 3.05) is 13.1 Å². The van der Waals surface area contributed by atoms with Gasteiger partial charge in [0.2, 0.25) is 0 Å². The zero-order valence-electron chi connectivity index (χ0n) is 10.6. The molecule has 0 aliphatic heterocycles. The first-order chi connectivity index (χ1) is 7.75. The first kappa shape index (κ1) is 14.3. The average Bonchev–Trinajstić information content (AvgIpc) is 2.96. The van der Waals surface area contributed by atoms with Crippen molar-refractivity contribution in [1.29, 1.82) is 0 Å². The Hall–Kier alpha value is -0.790. The van der Waals surface area contributed by atoms with Gasteiger partial charge in [0.05, 0.1) is 0 Å². The molecule has 1 N–H and O–H groups in total. The summed E-state index contributed by atoms with van der Waals surface area (Å²) in [6.45, 7) is 6.72. The van der Waals surface area contributed by atoms with Crippen LogP contribution in [-0.4, -0.2) is 13.1 Å². The Bertz CT molecular complexity index is 358. The third-order valence-corrected chi connectivity index (χ3v) is 3.30. The minimum atomic E-state index is 0. The molecule has 1 saturated carbocycles. The fourth-order valence-corrected chi connectivity index (χ4v) is 2.02. The van der Waals surface area contributed by atoms with E-state index < -0.39 is 0 Å². The lowest BCUT2D eigenvalue weighted by Crippen LogP contribution is -2.19. The zero-order chi connectivity index (χ0) is 11.4. The van der Waals surface area contributed by atoms with Gasteiger partial charge >= 0.3 is 0 Å². The summed E-state index contributed by atoms with van der Waals surface area (Å²) in [6, 6.07) is 10.5. The lowest BCUT2D eigenvalue weighted by atomic mass is 10.1. The number of rotatable bonds is 5. The highest BCUT2D eigenvalue weighted by molar-refractivity contribution is 5.85. The van der Waals surface area contributed by atoms with E-state index in [1.54, 1.807) is 0 Å². The van der Waals surface area contributed by atoms with Crippen molar-refractivity contribution in [1.82, 2.24) is 5.32 Å². The van der Waals surface area contributed by atoms with E-state index in [9.17, 15) is 0 Å². The molecule has 94 valence electrons. The van der Waals surface area contributed by atoms with E-state index in [2.05, 4.69) is 55.6 Å². The van der Waals surface area contributed by atoms with Gasteiger partial charge in [0, 0.05) is 6.54 Å². The van der Waals surface area contributed by atoms with Crippen molar-refractivity contribution in [2.24, 2.45) is 11.8 Å². The van der Waals surface area contributed by atoms with Gasteiger partial charge < -0.3 is 5.32 Å². The van der Waals surface area contributed by atoms with Crippen LogP contribution < -0.4 is 5.32 Å². The van der Waals surface area contributed by atoms with Crippen LogP contribution in [0.25, 0.3) is 6.08 Å². The van der Waals surface area contributed by atoms with Gasteiger partial charge in [0.25, 0.3) is 0 Å². The minimum Gasteiger partial charge on any atom is -0.313 e. The van der Waals surface area contributed by atoms with Crippen molar-refractivity contribution in [3.05, 3.63) is 41.5 Å². The Morgan fingerprint density at radius 2 is 2.00 bits per heavy atom. The highest BCUT2D eigenvalue weighted by atomic mass is 35.5. The molecule has 1 aliphatic rings. The molecule has 2 heteroatoms. The summed E-state index contributed by atoms with van der Waals surface area (Å²) in [6.07, 6.45) is 3.66. The number of hydrogen-bond donors (Lipinski definition) is 1. The first-order valence-electron chi connectivity index (χ1n) is 6.18. The van der Waals surface area contributed by atoms with E-state index in [1.165, 1.54) is 24.1 Å². The fraction of sp³-hybridized carbons (Fsp3) is 0.467. The second-order valence-corrected chi connectivity index (χ2v) is 5.01. The Labute approximate surface area is 111 Å². The van der Waals surface area contributed by atoms with Gasteiger partial charge in [-0.05, 0) is 37.3 Å². The largest absolute Gasteiger partial charge is 0.313 e. The predicted molar refractivity (Wildman–Crippen MR) is 77.5 cm³/mol. The SMILES string of the molecule is C/C(=C\c1ccccc1)CNCC1CC1C.Cl. The van der Waals surface area contributed by atoms with Gasteiger partial charge in [-0.2, -0.15) is 0 Å². The van der Waals surface area contributed by atoms with Crippen LogP contribution in [0, 0.1) is 11.8 Å². The van der Waals surface area contributed by atoms with Gasteiger partial charge in [-0.15, -0.1) is 12.4 Å². The Kier molecular flexibility index (Phi) is 5.73. The second-order valence-electron chi connectivity index (χ2n) is 5.01. The van der Waals surface area contributed by atoms with E-state index >= 15 is 0 Å². The van der Waals surface area contributed by atoms with Crippen LogP contribution in [0.2, 0.25) is 0 Å².